The maximum Gasteiger partial charge on any atom is 0.304 e. The Balaban J connectivity index is 2.29. The summed E-state index contributed by atoms with van der Waals surface area (Å²) in [6, 6.07) is 6.89. The highest BCUT2D eigenvalue weighted by atomic mass is 32.2. The van der Waals surface area contributed by atoms with Crippen molar-refractivity contribution in [3.63, 3.8) is 0 Å². The molecule has 0 aliphatic carbocycles. The number of nitrogens with one attached hydrogen (secondary N) is 2. The Morgan fingerprint density at radius 3 is 2.30 bits per heavy atom. The van der Waals surface area contributed by atoms with E-state index in [1.807, 2.05) is 25.1 Å². The number of hydrogen-bond donors (Lipinski definition) is 2. The molecule has 1 aromatic carbocycles. The van der Waals surface area contributed by atoms with Gasteiger partial charge in [-0.3, -0.25) is 4.79 Å². The minimum absolute atomic E-state index is 0.224. The summed E-state index contributed by atoms with van der Waals surface area (Å²) in [6.07, 6.45) is 0. The molecule has 0 atom stereocenters. The molecule has 0 radical (unpaired) electrons. The second kappa shape index (κ2) is 6.33. The fourth-order valence-corrected chi connectivity index (χ4v) is 4.31. The first-order valence-corrected chi connectivity index (χ1v) is 9.01. The van der Waals surface area contributed by atoms with Crippen LogP contribution in [0, 0.1) is 6.92 Å². The van der Waals surface area contributed by atoms with E-state index in [1.54, 1.807) is 33.8 Å². The van der Waals surface area contributed by atoms with Crippen LogP contribution in [0.3, 0.4) is 0 Å². The molecule has 0 aliphatic heterocycles. The number of carbonyl (C=O) groups excluding carboxylic acids is 1. The monoisotopic (exact) mass is 337 g/mol. The third-order valence-corrected chi connectivity index (χ3v) is 5.38. The van der Waals surface area contributed by atoms with E-state index >= 15 is 0 Å². The lowest BCUT2D eigenvalue weighted by Crippen LogP contribution is -2.49. The molecule has 6 nitrogen and oxygen atoms in total. The van der Waals surface area contributed by atoms with E-state index in [2.05, 4.69) is 9.71 Å². The molecule has 0 saturated carbocycles. The molecule has 7 heteroatoms. The number of hydrogen-bond acceptors (Lipinski definition) is 3. The molecule has 0 unspecified atom stereocenters. The third kappa shape index (κ3) is 3.73. The van der Waals surface area contributed by atoms with Crippen LogP contribution in [0.5, 0.6) is 0 Å². The van der Waals surface area contributed by atoms with Crippen molar-refractivity contribution in [2.75, 3.05) is 0 Å². The summed E-state index contributed by atoms with van der Waals surface area (Å²) in [5.41, 5.74) is 2.09. The number of fused-ring (bicyclic) bond motifs is 1. The lowest BCUT2D eigenvalue weighted by atomic mass is 10.2. The maximum atomic E-state index is 12.4. The summed E-state index contributed by atoms with van der Waals surface area (Å²) in [5, 5.41) is 0.872. The average molecular weight is 337 g/mol. The topological polar surface area (TPSA) is 82.3 Å². The van der Waals surface area contributed by atoms with E-state index in [-0.39, 0.29) is 17.8 Å². The van der Waals surface area contributed by atoms with Crippen molar-refractivity contribution in [1.29, 1.82) is 0 Å². The van der Waals surface area contributed by atoms with E-state index < -0.39 is 16.1 Å². The molecule has 0 fully saturated rings. The Morgan fingerprint density at radius 2 is 1.74 bits per heavy atom. The maximum absolute atomic E-state index is 12.4. The number of nitrogens with zero attached hydrogens (tertiary/aromatic N) is 1. The molecule has 0 aliphatic rings. The molecule has 2 aromatic rings. The Morgan fingerprint density at radius 1 is 1.13 bits per heavy atom. The lowest BCUT2D eigenvalue weighted by molar-refractivity contribution is 0.0974. The number of H-pyrrole nitrogens is 1. The average Bonchev–Trinajstić information content (AvgIpc) is 2.79. The Labute approximate surface area is 137 Å². The smallest absolute Gasteiger partial charge is 0.304 e. The lowest BCUT2D eigenvalue weighted by Gasteiger charge is -2.29. The second-order valence-corrected chi connectivity index (χ2v) is 7.80. The predicted octanol–water partition coefficient (Wildman–Crippen LogP) is 2.57. The van der Waals surface area contributed by atoms with E-state index in [1.165, 1.54) is 4.31 Å². The zero-order chi connectivity index (χ0) is 17.4. The highest BCUT2D eigenvalue weighted by molar-refractivity contribution is 7.87. The van der Waals surface area contributed by atoms with E-state index in [4.69, 9.17) is 0 Å². The molecule has 1 amide bonds. The quantitative estimate of drug-likeness (QED) is 0.880. The normalized spacial score (nSPS) is 12.5. The van der Waals surface area contributed by atoms with Gasteiger partial charge in [0.2, 0.25) is 0 Å². The highest BCUT2D eigenvalue weighted by Gasteiger charge is 2.29. The zero-order valence-electron chi connectivity index (χ0n) is 14.0. The zero-order valence-corrected chi connectivity index (χ0v) is 14.9. The minimum Gasteiger partial charge on any atom is -0.350 e. The summed E-state index contributed by atoms with van der Waals surface area (Å²) >= 11 is 0. The summed E-state index contributed by atoms with van der Waals surface area (Å²) in [5.74, 6) is -0.662. The SMILES string of the molecule is Cc1ccc2[nH]c(C(=O)NS(=O)(=O)N(C(C)C)C(C)C)cc2c1. The minimum atomic E-state index is -3.90. The molecule has 2 N–H and O–H groups in total. The summed E-state index contributed by atoms with van der Waals surface area (Å²) in [6.45, 7) is 9.05. The van der Waals surface area contributed by atoms with Crippen molar-refractivity contribution in [2.45, 2.75) is 46.7 Å². The van der Waals surface area contributed by atoms with Gasteiger partial charge in [-0.05, 0) is 52.8 Å². The predicted molar refractivity (Wildman–Crippen MR) is 91.5 cm³/mol. The van der Waals surface area contributed by atoms with Crippen molar-refractivity contribution in [3.05, 3.63) is 35.5 Å². The second-order valence-electron chi connectivity index (χ2n) is 6.23. The fraction of sp³-hybridized carbons (Fsp3) is 0.438. The van der Waals surface area contributed by atoms with Crippen LogP contribution in [-0.2, 0) is 10.2 Å². The van der Waals surface area contributed by atoms with Gasteiger partial charge in [-0.25, -0.2) is 4.72 Å². The van der Waals surface area contributed by atoms with Crippen molar-refractivity contribution >= 4 is 27.0 Å². The fourth-order valence-electron chi connectivity index (χ4n) is 2.75. The van der Waals surface area contributed by atoms with Gasteiger partial charge in [0.15, 0.2) is 0 Å². The standard InChI is InChI=1S/C16H23N3O3S/c1-10(2)19(11(3)4)23(21,22)18-16(20)15-9-13-8-12(5)6-7-14(13)17-15/h6-11,17H,1-5H3,(H,18,20). The van der Waals surface area contributed by atoms with Crippen molar-refractivity contribution in [3.8, 4) is 0 Å². The molecule has 0 bridgehead atoms. The first-order valence-electron chi connectivity index (χ1n) is 7.57. The number of benzene rings is 1. The van der Waals surface area contributed by atoms with E-state index in [0.29, 0.717) is 0 Å². The molecular formula is C16H23N3O3S. The summed E-state index contributed by atoms with van der Waals surface area (Å²) in [7, 11) is -3.90. The Kier molecular flexibility index (Phi) is 4.81. The number of rotatable bonds is 5. The third-order valence-electron chi connectivity index (χ3n) is 3.54. The van der Waals surface area contributed by atoms with Crippen LogP contribution in [0.1, 0.15) is 43.7 Å². The van der Waals surface area contributed by atoms with Gasteiger partial charge in [-0.15, -0.1) is 0 Å². The molecular weight excluding hydrogens is 314 g/mol. The summed E-state index contributed by atoms with van der Waals surface area (Å²) < 4.78 is 28.3. The molecule has 1 aromatic heterocycles. The number of aromatic amines is 1. The first kappa shape index (κ1) is 17.5. The van der Waals surface area contributed by atoms with Gasteiger partial charge in [0.25, 0.3) is 5.91 Å². The van der Waals surface area contributed by atoms with Gasteiger partial charge >= 0.3 is 10.2 Å². The Bertz CT molecular complexity index is 814. The highest BCUT2D eigenvalue weighted by Crippen LogP contribution is 2.17. The summed E-state index contributed by atoms with van der Waals surface area (Å²) in [4.78, 5) is 15.3. The van der Waals surface area contributed by atoms with Crippen molar-refractivity contribution in [1.82, 2.24) is 14.0 Å². The molecule has 0 saturated heterocycles. The van der Waals surface area contributed by atoms with Gasteiger partial charge in [0.05, 0.1) is 0 Å². The van der Waals surface area contributed by atoms with Gasteiger partial charge in [0.1, 0.15) is 5.69 Å². The van der Waals surface area contributed by atoms with Crippen LogP contribution in [0.25, 0.3) is 10.9 Å². The number of carbonyl (C=O) groups is 1. The van der Waals surface area contributed by atoms with Gasteiger partial charge in [-0.2, -0.15) is 12.7 Å². The molecule has 2 rings (SSSR count). The number of amides is 1. The first-order chi connectivity index (χ1) is 10.6. The largest absolute Gasteiger partial charge is 0.350 e. The van der Waals surface area contributed by atoms with Crippen LogP contribution >= 0.6 is 0 Å². The van der Waals surface area contributed by atoms with Crippen LogP contribution in [0.15, 0.2) is 24.3 Å². The Hall–Kier alpha value is -1.86. The molecule has 126 valence electrons. The molecule has 0 spiro atoms. The molecule has 1 heterocycles. The van der Waals surface area contributed by atoms with Gasteiger partial charge in [-0.1, -0.05) is 11.6 Å². The van der Waals surface area contributed by atoms with Crippen LogP contribution in [-0.4, -0.2) is 35.7 Å². The van der Waals surface area contributed by atoms with Crippen LogP contribution < -0.4 is 4.72 Å². The van der Waals surface area contributed by atoms with Crippen molar-refractivity contribution < 1.29 is 13.2 Å². The number of aromatic nitrogens is 1. The van der Waals surface area contributed by atoms with Gasteiger partial charge < -0.3 is 4.98 Å². The van der Waals surface area contributed by atoms with Crippen LogP contribution in [0.4, 0.5) is 0 Å². The van der Waals surface area contributed by atoms with Crippen molar-refractivity contribution in [2.24, 2.45) is 0 Å². The molecule has 23 heavy (non-hydrogen) atoms. The van der Waals surface area contributed by atoms with E-state index in [9.17, 15) is 13.2 Å². The number of aryl methyl sites for hydroxylation is 1. The van der Waals surface area contributed by atoms with Gasteiger partial charge in [0, 0.05) is 23.0 Å². The van der Waals surface area contributed by atoms with Crippen LogP contribution in [0.2, 0.25) is 0 Å². The van der Waals surface area contributed by atoms with E-state index in [0.717, 1.165) is 16.5 Å².